The van der Waals surface area contributed by atoms with Crippen LogP contribution in [-0.2, 0) is 9.53 Å². The van der Waals surface area contributed by atoms with Gasteiger partial charge in [0.2, 0.25) is 0 Å². The Bertz CT molecular complexity index is 689. The molecule has 1 N–H and O–H groups in total. The maximum absolute atomic E-state index is 12.0. The maximum atomic E-state index is 12.0. The van der Waals surface area contributed by atoms with Gasteiger partial charge in [-0.25, -0.2) is 4.79 Å². The second-order valence-corrected chi connectivity index (χ2v) is 6.07. The number of benzene rings is 2. The molecule has 4 nitrogen and oxygen atoms in total. The number of carbonyl (C=O) groups excluding carboxylic acids is 2. The Hall–Kier alpha value is -2.62. The van der Waals surface area contributed by atoms with Crippen molar-refractivity contribution in [2.45, 2.75) is 31.7 Å². The number of esters is 1. The third-order valence-electron chi connectivity index (χ3n) is 4.28. The predicted octanol–water partition coefficient (Wildman–Crippen LogP) is 3.57. The number of hydrogen-bond donors (Lipinski definition) is 1. The van der Waals surface area contributed by atoms with Crippen LogP contribution in [0.3, 0.4) is 0 Å². The topological polar surface area (TPSA) is 55.4 Å². The zero-order valence-corrected chi connectivity index (χ0v) is 13.5. The summed E-state index contributed by atoms with van der Waals surface area (Å²) in [7, 11) is 0. The monoisotopic (exact) mass is 323 g/mol. The number of hydrogen-bond acceptors (Lipinski definition) is 3. The largest absolute Gasteiger partial charge is 0.452 e. The smallest absolute Gasteiger partial charge is 0.338 e. The Morgan fingerprint density at radius 3 is 2.21 bits per heavy atom. The van der Waals surface area contributed by atoms with E-state index in [1.54, 1.807) is 12.1 Å². The molecular formula is C20H21NO3. The van der Waals surface area contributed by atoms with Gasteiger partial charge in [-0.05, 0) is 36.1 Å². The average molecular weight is 323 g/mol. The summed E-state index contributed by atoms with van der Waals surface area (Å²) in [5.74, 6) is -0.702. The van der Waals surface area contributed by atoms with E-state index in [-0.39, 0.29) is 18.6 Å². The van der Waals surface area contributed by atoms with E-state index < -0.39 is 5.97 Å². The highest BCUT2D eigenvalue weighted by Gasteiger charge is 2.18. The van der Waals surface area contributed by atoms with Gasteiger partial charge in [0.25, 0.3) is 5.91 Å². The van der Waals surface area contributed by atoms with E-state index in [0.717, 1.165) is 36.8 Å². The van der Waals surface area contributed by atoms with Crippen molar-refractivity contribution in [2.24, 2.45) is 0 Å². The van der Waals surface area contributed by atoms with E-state index in [4.69, 9.17) is 4.74 Å². The van der Waals surface area contributed by atoms with Crippen LogP contribution < -0.4 is 5.32 Å². The Kier molecular flexibility index (Phi) is 5.26. The quantitative estimate of drug-likeness (QED) is 0.856. The molecule has 1 saturated carbocycles. The summed E-state index contributed by atoms with van der Waals surface area (Å²) in [6.45, 7) is -0.226. The molecule has 0 atom stereocenters. The van der Waals surface area contributed by atoms with Crippen LogP contribution in [0.1, 0.15) is 36.0 Å². The number of amides is 1. The zero-order chi connectivity index (χ0) is 16.8. The molecule has 124 valence electrons. The van der Waals surface area contributed by atoms with Crippen LogP contribution in [0.5, 0.6) is 0 Å². The summed E-state index contributed by atoms with van der Waals surface area (Å²) in [6, 6.07) is 17.4. The van der Waals surface area contributed by atoms with Crippen LogP contribution in [0.15, 0.2) is 54.6 Å². The van der Waals surface area contributed by atoms with Gasteiger partial charge < -0.3 is 10.1 Å². The first kappa shape index (κ1) is 16.2. The van der Waals surface area contributed by atoms with Crippen molar-refractivity contribution in [1.82, 2.24) is 5.32 Å². The Morgan fingerprint density at radius 1 is 0.917 bits per heavy atom. The van der Waals surface area contributed by atoms with Crippen molar-refractivity contribution in [3.63, 3.8) is 0 Å². The molecule has 1 aliphatic carbocycles. The van der Waals surface area contributed by atoms with Crippen LogP contribution in [0.4, 0.5) is 0 Å². The molecule has 0 aliphatic heterocycles. The Balaban J connectivity index is 1.52. The molecule has 4 heteroatoms. The predicted molar refractivity (Wildman–Crippen MR) is 92.6 cm³/mol. The lowest BCUT2D eigenvalue weighted by atomic mass is 10.0. The maximum Gasteiger partial charge on any atom is 0.338 e. The molecule has 0 unspecified atom stereocenters. The molecule has 0 saturated heterocycles. The summed E-state index contributed by atoms with van der Waals surface area (Å²) in [6.07, 6.45) is 4.33. The second kappa shape index (κ2) is 7.77. The number of nitrogens with one attached hydrogen (secondary N) is 1. The van der Waals surface area contributed by atoms with E-state index >= 15 is 0 Å². The third-order valence-corrected chi connectivity index (χ3v) is 4.28. The van der Waals surface area contributed by atoms with Crippen LogP contribution >= 0.6 is 0 Å². The Labute approximate surface area is 141 Å². The minimum atomic E-state index is -0.476. The highest BCUT2D eigenvalue weighted by molar-refractivity contribution is 5.91. The van der Waals surface area contributed by atoms with Gasteiger partial charge in [0.1, 0.15) is 0 Å². The van der Waals surface area contributed by atoms with Crippen LogP contribution in [-0.4, -0.2) is 24.5 Å². The Morgan fingerprint density at radius 2 is 1.54 bits per heavy atom. The first-order valence-electron chi connectivity index (χ1n) is 8.34. The van der Waals surface area contributed by atoms with Crippen molar-refractivity contribution in [2.75, 3.05) is 6.61 Å². The lowest BCUT2D eigenvalue weighted by molar-refractivity contribution is -0.124. The minimum absolute atomic E-state index is 0.226. The molecule has 1 aliphatic rings. The van der Waals surface area contributed by atoms with E-state index in [0.29, 0.717) is 5.56 Å². The number of rotatable bonds is 5. The van der Waals surface area contributed by atoms with Crippen LogP contribution in [0, 0.1) is 0 Å². The van der Waals surface area contributed by atoms with Crippen molar-refractivity contribution in [3.05, 3.63) is 60.2 Å². The molecular weight excluding hydrogens is 302 g/mol. The van der Waals surface area contributed by atoms with Crippen molar-refractivity contribution < 1.29 is 14.3 Å². The van der Waals surface area contributed by atoms with Gasteiger partial charge in [-0.15, -0.1) is 0 Å². The fourth-order valence-electron chi connectivity index (χ4n) is 2.98. The van der Waals surface area contributed by atoms with E-state index in [2.05, 4.69) is 5.32 Å². The fraction of sp³-hybridized carbons (Fsp3) is 0.300. The molecule has 24 heavy (non-hydrogen) atoms. The van der Waals surface area contributed by atoms with Gasteiger partial charge in [-0.3, -0.25) is 4.79 Å². The third kappa shape index (κ3) is 4.22. The molecule has 0 bridgehead atoms. The lowest BCUT2D eigenvalue weighted by Gasteiger charge is -2.12. The fourth-order valence-corrected chi connectivity index (χ4v) is 2.98. The van der Waals surface area contributed by atoms with Gasteiger partial charge in [-0.1, -0.05) is 55.3 Å². The van der Waals surface area contributed by atoms with Crippen molar-refractivity contribution >= 4 is 11.9 Å². The van der Waals surface area contributed by atoms with Crippen LogP contribution in [0.2, 0.25) is 0 Å². The molecule has 0 aromatic heterocycles. The molecule has 1 amide bonds. The van der Waals surface area contributed by atoms with Gasteiger partial charge in [-0.2, -0.15) is 0 Å². The minimum Gasteiger partial charge on any atom is -0.452 e. The number of carbonyl (C=O) groups is 2. The molecule has 0 heterocycles. The highest BCUT2D eigenvalue weighted by atomic mass is 16.5. The van der Waals surface area contributed by atoms with Gasteiger partial charge in [0.15, 0.2) is 6.61 Å². The number of ether oxygens (including phenoxy) is 1. The molecule has 0 spiro atoms. The summed E-state index contributed by atoms with van der Waals surface area (Å²) in [4.78, 5) is 23.8. The molecule has 0 radical (unpaired) electrons. The molecule has 2 aromatic carbocycles. The molecule has 1 fully saturated rings. The van der Waals surface area contributed by atoms with E-state index in [1.807, 2.05) is 42.5 Å². The van der Waals surface area contributed by atoms with Gasteiger partial charge >= 0.3 is 5.97 Å². The summed E-state index contributed by atoms with van der Waals surface area (Å²) < 4.78 is 5.09. The summed E-state index contributed by atoms with van der Waals surface area (Å²) >= 11 is 0. The average Bonchev–Trinajstić information content (AvgIpc) is 3.13. The highest BCUT2D eigenvalue weighted by Crippen LogP contribution is 2.20. The van der Waals surface area contributed by atoms with Crippen LogP contribution in [0.25, 0.3) is 11.1 Å². The summed E-state index contributed by atoms with van der Waals surface area (Å²) in [5.41, 5.74) is 2.57. The molecule has 3 rings (SSSR count). The second-order valence-electron chi connectivity index (χ2n) is 6.07. The van der Waals surface area contributed by atoms with Crippen molar-refractivity contribution in [1.29, 1.82) is 0 Å². The van der Waals surface area contributed by atoms with Crippen molar-refractivity contribution in [3.8, 4) is 11.1 Å². The van der Waals surface area contributed by atoms with E-state index in [1.165, 1.54) is 0 Å². The summed E-state index contributed by atoms with van der Waals surface area (Å²) in [5, 5.41) is 2.90. The SMILES string of the molecule is O=C(COC(=O)c1ccc(-c2ccccc2)cc1)NC1CCCC1. The van der Waals surface area contributed by atoms with E-state index in [9.17, 15) is 9.59 Å². The standard InChI is InChI=1S/C20H21NO3/c22-19(21-18-8-4-5-9-18)14-24-20(23)17-12-10-16(11-13-17)15-6-2-1-3-7-15/h1-3,6-7,10-13,18H,4-5,8-9,14H2,(H,21,22). The molecule has 2 aromatic rings. The van der Waals surface area contributed by atoms with Gasteiger partial charge in [0, 0.05) is 6.04 Å². The lowest BCUT2D eigenvalue weighted by Crippen LogP contribution is -2.35. The van der Waals surface area contributed by atoms with Gasteiger partial charge in [0.05, 0.1) is 5.56 Å². The normalized spacial score (nSPS) is 14.3. The zero-order valence-electron chi connectivity index (χ0n) is 13.5. The first-order chi connectivity index (χ1) is 11.7. The first-order valence-corrected chi connectivity index (χ1v) is 8.34.